The van der Waals surface area contributed by atoms with E-state index in [-0.39, 0.29) is 5.92 Å². The second kappa shape index (κ2) is 8.13. The monoisotopic (exact) mass is 385 g/mol. The number of piperazine rings is 1. The molecule has 27 heavy (non-hydrogen) atoms. The van der Waals surface area contributed by atoms with Gasteiger partial charge in [-0.1, -0.05) is 29.8 Å². The van der Waals surface area contributed by atoms with Crippen molar-refractivity contribution in [2.75, 3.05) is 49.1 Å². The largest absolute Gasteiger partial charge is 0.368 e. The van der Waals surface area contributed by atoms with E-state index < -0.39 is 0 Å². The minimum atomic E-state index is 0.116. The molecule has 0 unspecified atom stereocenters. The van der Waals surface area contributed by atoms with E-state index >= 15 is 0 Å². The Kier molecular flexibility index (Phi) is 5.43. The van der Waals surface area contributed by atoms with E-state index in [1.165, 1.54) is 5.69 Å². The van der Waals surface area contributed by atoms with Crippen molar-refractivity contribution in [2.24, 2.45) is 5.92 Å². The number of nitrogens with zero attached hydrogens (tertiary/aromatic N) is 5. The summed E-state index contributed by atoms with van der Waals surface area (Å²) in [7, 11) is 0. The molecule has 1 amide bonds. The highest BCUT2D eigenvalue weighted by Crippen LogP contribution is 2.24. The molecule has 0 saturated carbocycles. The first-order valence-electron chi connectivity index (χ1n) is 9.54. The van der Waals surface area contributed by atoms with Crippen LogP contribution in [0.3, 0.4) is 0 Å². The number of aromatic nitrogens is 2. The first-order chi connectivity index (χ1) is 13.2. The van der Waals surface area contributed by atoms with Crippen molar-refractivity contribution in [3.05, 3.63) is 47.6 Å². The molecule has 2 fully saturated rings. The quantitative estimate of drug-likeness (QED) is 0.813. The fourth-order valence-corrected chi connectivity index (χ4v) is 4.02. The van der Waals surface area contributed by atoms with Crippen LogP contribution in [0.25, 0.3) is 0 Å². The zero-order valence-corrected chi connectivity index (χ0v) is 16.1. The van der Waals surface area contributed by atoms with Crippen LogP contribution in [0.4, 0.5) is 11.5 Å². The number of hydrogen-bond donors (Lipinski definition) is 0. The number of halogens is 1. The first-order valence-corrected chi connectivity index (χ1v) is 9.91. The van der Waals surface area contributed by atoms with E-state index in [9.17, 15) is 4.79 Å². The van der Waals surface area contributed by atoms with Crippen LogP contribution in [0.15, 0.2) is 42.5 Å². The molecule has 0 spiro atoms. The average Bonchev–Trinajstić information content (AvgIpc) is 2.75. The Balaban J connectivity index is 1.28. The molecule has 3 heterocycles. The molecule has 0 atom stereocenters. The van der Waals surface area contributed by atoms with Crippen LogP contribution in [0.2, 0.25) is 5.15 Å². The van der Waals surface area contributed by atoms with Crippen LogP contribution < -0.4 is 9.80 Å². The van der Waals surface area contributed by atoms with Gasteiger partial charge < -0.3 is 14.7 Å². The van der Waals surface area contributed by atoms with Gasteiger partial charge in [0.2, 0.25) is 5.91 Å². The number of amides is 1. The van der Waals surface area contributed by atoms with Gasteiger partial charge in [0.15, 0.2) is 11.0 Å². The highest BCUT2D eigenvalue weighted by atomic mass is 35.5. The van der Waals surface area contributed by atoms with Gasteiger partial charge in [0, 0.05) is 50.9 Å². The number of benzene rings is 1. The Hall–Kier alpha value is -2.34. The Morgan fingerprint density at radius 2 is 1.56 bits per heavy atom. The van der Waals surface area contributed by atoms with Gasteiger partial charge in [-0.3, -0.25) is 4.79 Å². The Bertz CT molecular complexity index is 754. The molecular formula is C20H24ClN5O. The summed E-state index contributed by atoms with van der Waals surface area (Å²) in [5, 5.41) is 8.45. The summed E-state index contributed by atoms with van der Waals surface area (Å²) in [4.78, 5) is 19.5. The Labute approximate surface area is 164 Å². The van der Waals surface area contributed by atoms with E-state index in [4.69, 9.17) is 11.6 Å². The fraction of sp³-hybridized carbons (Fsp3) is 0.450. The number of carbonyl (C=O) groups excluding carboxylic acids is 1. The standard InChI is InChI=1S/C20H24ClN5O/c21-18-6-7-19(23-22-18)25-10-8-16(9-11-25)20(27)26-14-12-24(13-15-26)17-4-2-1-3-5-17/h1-7,16H,8-15H2. The molecule has 2 aliphatic heterocycles. The summed E-state index contributed by atoms with van der Waals surface area (Å²) in [5.74, 6) is 1.26. The molecule has 0 aliphatic carbocycles. The van der Waals surface area contributed by atoms with E-state index in [2.05, 4.69) is 44.3 Å². The normalized spacial score (nSPS) is 18.6. The molecule has 1 aromatic carbocycles. The number of hydrogen-bond acceptors (Lipinski definition) is 5. The first kappa shape index (κ1) is 18.0. The van der Waals surface area contributed by atoms with Crippen LogP contribution in [-0.2, 0) is 4.79 Å². The average molecular weight is 386 g/mol. The summed E-state index contributed by atoms with van der Waals surface area (Å²) in [6.07, 6.45) is 1.73. The van der Waals surface area contributed by atoms with Crippen LogP contribution >= 0.6 is 11.6 Å². The predicted molar refractivity (Wildman–Crippen MR) is 107 cm³/mol. The van der Waals surface area contributed by atoms with Crippen molar-refractivity contribution in [3.8, 4) is 0 Å². The predicted octanol–water partition coefficient (Wildman–Crippen LogP) is 2.70. The number of carbonyl (C=O) groups is 1. The van der Waals surface area contributed by atoms with Gasteiger partial charge in [-0.2, -0.15) is 0 Å². The van der Waals surface area contributed by atoms with E-state index in [0.717, 1.165) is 57.9 Å². The van der Waals surface area contributed by atoms with E-state index in [1.54, 1.807) is 6.07 Å². The molecule has 0 N–H and O–H groups in total. The molecule has 2 saturated heterocycles. The van der Waals surface area contributed by atoms with Crippen molar-refractivity contribution in [2.45, 2.75) is 12.8 Å². The van der Waals surface area contributed by atoms with Gasteiger partial charge in [-0.25, -0.2) is 0 Å². The topological polar surface area (TPSA) is 52.6 Å². The van der Waals surface area contributed by atoms with Gasteiger partial charge in [-0.05, 0) is 37.1 Å². The highest BCUT2D eigenvalue weighted by molar-refractivity contribution is 6.29. The third kappa shape index (κ3) is 4.16. The van der Waals surface area contributed by atoms with Gasteiger partial charge in [0.05, 0.1) is 0 Å². The zero-order chi connectivity index (χ0) is 18.6. The van der Waals surface area contributed by atoms with E-state index in [1.807, 2.05) is 17.0 Å². The zero-order valence-electron chi connectivity index (χ0n) is 15.3. The molecule has 6 nitrogen and oxygen atoms in total. The third-order valence-electron chi connectivity index (χ3n) is 5.50. The van der Waals surface area contributed by atoms with Crippen LogP contribution in [0.5, 0.6) is 0 Å². The Morgan fingerprint density at radius 1 is 0.852 bits per heavy atom. The molecule has 7 heteroatoms. The molecule has 142 valence electrons. The maximum absolute atomic E-state index is 12.9. The number of anilines is 2. The maximum Gasteiger partial charge on any atom is 0.225 e. The van der Waals surface area contributed by atoms with Crippen molar-refractivity contribution >= 4 is 29.0 Å². The lowest BCUT2D eigenvalue weighted by Gasteiger charge is -2.39. The Morgan fingerprint density at radius 3 is 2.19 bits per heavy atom. The van der Waals surface area contributed by atoms with Crippen LogP contribution in [0.1, 0.15) is 12.8 Å². The third-order valence-corrected chi connectivity index (χ3v) is 5.70. The van der Waals surface area contributed by atoms with Crippen molar-refractivity contribution in [1.82, 2.24) is 15.1 Å². The summed E-state index contributed by atoms with van der Waals surface area (Å²) in [6.45, 7) is 5.06. The smallest absolute Gasteiger partial charge is 0.225 e. The van der Waals surface area contributed by atoms with Crippen molar-refractivity contribution < 1.29 is 4.79 Å². The lowest BCUT2D eigenvalue weighted by molar-refractivity contribution is -0.136. The highest BCUT2D eigenvalue weighted by Gasteiger charge is 2.30. The summed E-state index contributed by atoms with van der Waals surface area (Å²) in [6, 6.07) is 14.1. The summed E-state index contributed by atoms with van der Waals surface area (Å²) in [5.41, 5.74) is 1.24. The maximum atomic E-state index is 12.9. The lowest BCUT2D eigenvalue weighted by atomic mass is 9.95. The van der Waals surface area contributed by atoms with Crippen LogP contribution in [0, 0.1) is 5.92 Å². The second-order valence-electron chi connectivity index (χ2n) is 7.12. The summed E-state index contributed by atoms with van der Waals surface area (Å²) < 4.78 is 0. The molecule has 2 aromatic rings. The number of rotatable bonds is 3. The van der Waals surface area contributed by atoms with Crippen molar-refractivity contribution in [1.29, 1.82) is 0 Å². The van der Waals surface area contributed by atoms with Gasteiger partial charge in [-0.15, -0.1) is 10.2 Å². The fourth-order valence-electron chi connectivity index (χ4n) is 3.92. The molecule has 2 aliphatic rings. The SMILES string of the molecule is O=C(C1CCN(c2ccc(Cl)nn2)CC1)N1CCN(c2ccccc2)CC1. The van der Waals surface area contributed by atoms with Gasteiger partial charge in [0.25, 0.3) is 0 Å². The summed E-state index contributed by atoms with van der Waals surface area (Å²) >= 11 is 5.80. The molecule has 1 aromatic heterocycles. The van der Waals surface area contributed by atoms with Gasteiger partial charge in [0.1, 0.15) is 0 Å². The second-order valence-corrected chi connectivity index (χ2v) is 7.51. The lowest BCUT2D eigenvalue weighted by Crippen LogP contribution is -2.51. The minimum absolute atomic E-state index is 0.116. The number of piperidine rings is 1. The molecule has 0 radical (unpaired) electrons. The molecule has 0 bridgehead atoms. The minimum Gasteiger partial charge on any atom is -0.368 e. The van der Waals surface area contributed by atoms with Crippen molar-refractivity contribution in [3.63, 3.8) is 0 Å². The van der Waals surface area contributed by atoms with Crippen LogP contribution in [-0.4, -0.2) is 60.3 Å². The molecular weight excluding hydrogens is 362 g/mol. The van der Waals surface area contributed by atoms with Gasteiger partial charge >= 0.3 is 0 Å². The number of para-hydroxylation sites is 1. The molecule has 4 rings (SSSR count). The van der Waals surface area contributed by atoms with E-state index in [0.29, 0.717) is 11.1 Å².